The first-order valence-corrected chi connectivity index (χ1v) is 3.22. The number of rotatable bonds is 3. The van der Waals surface area contributed by atoms with Gasteiger partial charge in [-0.25, -0.2) is 9.90 Å². The Bertz CT molecular complexity index is 105. The standard InChI is InChI=1S/C7H13O2/c1-4-5-7(2,3)6(8)9/h4-5H2,1-3H3. The fourth-order valence-corrected chi connectivity index (χ4v) is 0.727. The van der Waals surface area contributed by atoms with Crippen LogP contribution in [0, 0.1) is 5.41 Å². The zero-order chi connectivity index (χ0) is 7.49. The van der Waals surface area contributed by atoms with Gasteiger partial charge in [0.1, 0.15) is 0 Å². The normalized spacial score (nSPS) is 11.4. The lowest BCUT2D eigenvalue weighted by atomic mass is 9.88. The van der Waals surface area contributed by atoms with E-state index in [-0.39, 0.29) is 0 Å². The molecule has 1 radical (unpaired) electrons. The van der Waals surface area contributed by atoms with Gasteiger partial charge in [0.15, 0.2) is 0 Å². The van der Waals surface area contributed by atoms with Gasteiger partial charge in [-0.2, -0.15) is 0 Å². The summed E-state index contributed by atoms with van der Waals surface area (Å²) < 4.78 is 0. The maximum Gasteiger partial charge on any atom is 0.361 e. The number of hydrogen-bond donors (Lipinski definition) is 0. The molecule has 0 rings (SSSR count). The zero-order valence-corrected chi connectivity index (χ0v) is 6.23. The van der Waals surface area contributed by atoms with Crippen LogP contribution in [0.4, 0.5) is 0 Å². The molecular formula is C7H13O2. The first-order valence-electron chi connectivity index (χ1n) is 3.22. The molecule has 9 heavy (non-hydrogen) atoms. The highest BCUT2D eigenvalue weighted by atomic mass is 16.4. The van der Waals surface area contributed by atoms with Gasteiger partial charge in [0.05, 0.1) is 5.41 Å². The number of hydrogen-bond acceptors (Lipinski definition) is 1. The van der Waals surface area contributed by atoms with Crippen molar-refractivity contribution >= 4 is 5.97 Å². The van der Waals surface area contributed by atoms with Gasteiger partial charge >= 0.3 is 5.97 Å². The summed E-state index contributed by atoms with van der Waals surface area (Å²) in [6.45, 7) is 5.34. The molecule has 0 aliphatic heterocycles. The van der Waals surface area contributed by atoms with Gasteiger partial charge in [0.2, 0.25) is 0 Å². The summed E-state index contributed by atoms with van der Waals surface area (Å²) in [4.78, 5) is 10.3. The fraction of sp³-hybridized carbons (Fsp3) is 0.857. The van der Waals surface area contributed by atoms with Crippen molar-refractivity contribution in [1.82, 2.24) is 0 Å². The van der Waals surface area contributed by atoms with Gasteiger partial charge < -0.3 is 0 Å². The lowest BCUT2D eigenvalue weighted by Crippen LogP contribution is -2.21. The molecule has 0 heterocycles. The molecule has 0 unspecified atom stereocenters. The Labute approximate surface area is 55.9 Å². The molecule has 0 saturated carbocycles. The van der Waals surface area contributed by atoms with Crippen molar-refractivity contribution in [2.75, 3.05) is 0 Å². The molecular weight excluding hydrogens is 116 g/mol. The lowest BCUT2D eigenvalue weighted by Gasteiger charge is -2.14. The van der Waals surface area contributed by atoms with Crippen LogP contribution in [-0.4, -0.2) is 5.97 Å². The third kappa shape index (κ3) is 2.49. The molecule has 0 spiro atoms. The van der Waals surface area contributed by atoms with Crippen molar-refractivity contribution in [3.63, 3.8) is 0 Å². The van der Waals surface area contributed by atoms with Crippen LogP contribution in [-0.2, 0) is 9.90 Å². The number of carbonyl (C=O) groups is 1. The second-order valence-corrected chi connectivity index (χ2v) is 2.92. The minimum Gasteiger partial charge on any atom is -0.247 e. The summed E-state index contributed by atoms with van der Waals surface area (Å²) in [5, 5.41) is 10.3. The van der Waals surface area contributed by atoms with Crippen LogP contribution in [0.25, 0.3) is 0 Å². The Balaban J connectivity index is 3.85. The van der Waals surface area contributed by atoms with Crippen molar-refractivity contribution in [2.45, 2.75) is 33.6 Å². The van der Waals surface area contributed by atoms with Crippen molar-refractivity contribution in [2.24, 2.45) is 5.41 Å². The van der Waals surface area contributed by atoms with Crippen LogP contribution in [0.15, 0.2) is 0 Å². The SMILES string of the molecule is CCCC(C)(C)C([O])=O. The van der Waals surface area contributed by atoms with Gasteiger partial charge in [-0.1, -0.05) is 13.3 Å². The highest BCUT2D eigenvalue weighted by Crippen LogP contribution is 2.21. The van der Waals surface area contributed by atoms with E-state index in [2.05, 4.69) is 0 Å². The molecule has 2 nitrogen and oxygen atoms in total. The van der Waals surface area contributed by atoms with Gasteiger partial charge in [-0.3, -0.25) is 0 Å². The van der Waals surface area contributed by atoms with Crippen LogP contribution in [0.1, 0.15) is 33.6 Å². The Morgan fingerprint density at radius 1 is 1.44 bits per heavy atom. The van der Waals surface area contributed by atoms with Gasteiger partial charge in [-0.15, -0.1) is 0 Å². The van der Waals surface area contributed by atoms with Gasteiger partial charge in [-0.05, 0) is 20.3 Å². The van der Waals surface area contributed by atoms with E-state index in [4.69, 9.17) is 0 Å². The average Bonchev–Trinajstić information content (AvgIpc) is 1.65. The Hall–Kier alpha value is -0.530. The van der Waals surface area contributed by atoms with E-state index < -0.39 is 11.4 Å². The zero-order valence-electron chi connectivity index (χ0n) is 6.23. The first kappa shape index (κ1) is 8.47. The van der Waals surface area contributed by atoms with Gasteiger partial charge in [0, 0.05) is 0 Å². The first-order chi connectivity index (χ1) is 4.00. The average molecular weight is 129 g/mol. The van der Waals surface area contributed by atoms with Gasteiger partial charge in [0.25, 0.3) is 0 Å². The maximum atomic E-state index is 10.3. The smallest absolute Gasteiger partial charge is 0.247 e. The van der Waals surface area contributed by atoms with E-state index in [0.29, 0.717) is 6.42 Å². The molecule has 0 aromatic heterocycles. The predicted octanol–water partition coefficient (Wildman–Crippen LogP) is 1.77. The van der Waals surface area contributed by atoms with E-state index in [1.165, 1.54) is 0 Å². The number of carbonyl (C=O) groups excluding carboxylic acids is 1. The molecule has 0 aliphatic rings. The van der Waals surface area contributed by atoms with E-state index in [1.54, 1.807) is 13.8 Å². The summed E-state index contributed by atoms with van der Waals surface area (Å²) in [7, 11) is 0. The topological polar surface area (TPSA) is 37.0 Å². The minimum absolute atomic E-state index is 0.644. The minimum atomic E-state index is -0.954. The molecule has 0 aliphatic carbocycles. The highest BCUT2D eigenvalue weighted by molar-refractivity contribution is 5.72. The molecule has 0 N–H and O–H groups in total. The molecule has 0 amide bonds. The summed E-state index contributed by atoms with van der Waals surface area (Å²) in [6, 6.07) is 0. The Morgan fingerprint density at radius 2 is 1.89 bits per heavy atom. The van der Waals surface area contributed by atoms with E-state index in [1.807, 2.05) is 6.92 Å². The largest absolute Gasteiger partial charge is 0.361 e. The molecule has 53 valence electrons. The maximum absolute atomic E-state index is 10.3. The summed E-state index contributed by atoms with van der Waals surface area (Å²) in [6.07, 6.45) is 1.58. The molecule has 0 fully saturated rings. The monoisotopic (exact) mass is 129 g/mol. The fourth-order valence-electron chi connectivity index (χ4n) is 0.727. The van der Waals surface area contributed by atoms with Crippen LogP contribution in [0.2, 0.25) is 0 Å². The van der Waals surface area contributed by atoms with Crippen LogP contribution < -0.4 is 0 Å². The summed E-state index contributed by atoms with van der Waals surface area (Å²) in [5.74, 6) is -0.954. The highest BCUT2D eigenvalue weighted by Gasteiger charge is 2.27. The molecule has 0 aromatic rings. The molecule has 0 atom stereocenters. The van der Waals surface area contributed by atoms with E-state index in [9.17, 15) is 9.90 Å². The Morgan fingerprint density at radius 3 is 2.00 bits per heavy atom. The van der Waals surface area contributed by atoms with Crippen molar-refractivity contribution in [3.8, 4) is 0 Å². The summed E-state index contributed by atoms with van der Waals surface area (Å²) >= 11 is 0. The van der Waals surface area contributed by atoms with E-state index in [0.717, 1.165) is 6.42 Å². The second kappa shape index (κ2) is 2.85. The summed E-state index contributed by atoms with van der Waals surface area (Å²) in [5.41, 5.74) is -0.644. The third-order valence-corrected chi connectivity index (χ3v) is 1.43. The molecule has 0 aromatic carbocycles. The lowest BCUT2D eigenvalue weighted by molar-refractivity contribution is -0.153. The molecule has 0 bridgehead atoms. The second-order valence-electron chi connectivity index (χ2n) is 2.92. The van der Waals surface area contributed by atoms with Crippen LogP contribution in [0.5, 0.6) is 0 Å². The van der Waals surface area contributed by atoms with E-state index >= 15 is 0 Å². The van der Waals surface area contributed by atoms with Crippen LogP contribution in [0.3, 0.4) is 0 Å². The quantitative estimate of drug-likeness (QED) is 0.572. The third-order valence-electron chi connectivity index (χ3n) is 1.43. The van der Waals surface area contributed by atoms with Crippen molar-refractivity contribution in [1.29, 1.82) is 0 Å². The Kier molecular flexibility index (Phi) is 2.68. The van der Waals surface area contributed by atoms with Crippen molar-refractivity contribution in [3.05, 3.63) is 0 Å². The predicted molar refractivity (Wildman–Crippen MR) is 34.4 cm³/mol. The van der Waals surface area contributed by atoms with Crippen molar-refractivity contribution < 1.29 is 9.90 Å². The van der Waals surface area contributed by atoms with Crippen LogP contribution >= 0.6 is 0 Å². The molecule has 0 saturated heterocycles. The molecule has 2 heteroatoms.